The lowest BCUT2D eigenvalue weighted by Crippen LogP contribution is -2.10. The molecule has 1 aliphatic rings. The Kier molecular flexibility index (Phi) is 5.53. The zero-order valence-corrected chi connectivity index (χ0v) is 16.2. The van der Waals surface area contributed by atoms with Gasteiger partial charge in [-0.2, -0.15) is 5.26 Å². The lowest BCUT2D eigenvalue weighted by atomic mass is 10.1. The average Bonchev–Trinajstić information content (AvgIpc) is 2.82. The van der Waals surface area contributed by atoms with Crippen molar-refractivity contribution >= 4 is 37.8 Å². The molecule has 1 aromatic heterocycles. The van der Waals surface area contributed by atoms with Crippen molar-refractivity contribution in [2.24, 2.45) is 17.3 Å². The van der Waals surface area contributed by atoms with E-state index in [4.69, 9.17) is 10.00 Å². The molecule has 0 spiro atoms. The first-order chi connectivity index (χ1) is 10.8. The van der Waals surface area contributed by atoms with Gasteiger partial charge in [0.05, 0.1) is 9.31 Å². The maximum Gasteiger partial charge on any atom is 0.310 e. The molecule has 1 heterocycles. The summed E-state index contributed by atoms with van der Waals surface area (Å²) in [5.74, 6) is -0.186. The van der Waals surface area contributed by atoms with Gasteiger partial charge in [0.1, 0.15) is 18.4 Å². The topological polar surface area (TPSA) is 55.0 Å². The van der Waals surface area contributed by atoms with Crippen molar-refractivity contribution < 1.29 is 9.53 Å². The number of ether oxygens (including phenoxy) is 1. The number of halogens is 2. The summed E-state index contributed by atoms with van der Waals surface area (Å²) >= 11 is 6.67. The number of nitrogens with zero attached hydrogens (tertiary/aromatic N) is 2. The van der Waals surface area contributed by atoms with E-state index in [2.05, 4.69) is 58.4 Å². The maximum absolute atomic E-state index is 12.3. The number of carbonyl (C=O) groups excluding carboxylic acids is 1. The molecular formula is C17H18Br2N2O2. The van der Waals surface area contributed by atoms with Crippen LogP contribution in [0.3, 0.4) is 0 Å². The van der Waals surface area contributed by atoms with Crippen LogP contribution < -0.4 is 0 Å². The van der Waals surface area contributed by atoms with E-state index in [0.717, 1.165) is 8.96 Å². The third kappa shape index (κ3) is 3.96. The van der Waals surface area contributed by atoms with E-state index in [1.807, 2.05) is 12.3 Å². The molecule has 122 valence electrons. The molecule has 0 unspecified atom stereocenters. The average molecular weight is 442 g/mol. The van der Waals surface area contributed by atoms with Gasteiger partial charge in [-0.25, -0.2) is 0 Å². The monoisotopic (exact) mass is 440 g/mol. The van der Waals surface area contributed by atoms with Crippen molar-refractivity contribution in [3.8, 4) is 6.07 Å². The number of hydrogen-bond donors (Lipinski definition) is 0. The highest BCUT2D eigenvalue weighted by atomic mass is 79.9. The van der Waals surface area contributed by atoms with E-state index in [1.54, 1.807) is 16.7 Å². The molecule has 0 bridgehead atoms. The molecule has 0 aliphatic heterocycles. The van der Waals surface area contributed by atoms with Gasteiger partial charge in [0.25, 0.3) is 0 Å². The van der Waals surface area contributed by atoms with Crippen LogP contribution in [-0.4, -0.2) is 10.5 Å². The van der Waals surface area contributed by atoms with Gasteiger partial charge in [-0.05, 0) is 49.3 Å². The van der Waals surface area contributed by atoms with Crippen LogP contribution in [0, 0.1) is 28.6 Å². The van der Waals surface area contributed by atoms with Gasteiger partial charge in [-0.15, -0.1) is 6.58 Å². The molecule has 1 aliphatic carbocycles. The highest BCUT2D eigenvalue weighted by Crippen LogP contribution is 2.60. The van der Waals surface area contributed by atoms with E-state index in [0.29, 0.717) is 12.2 Å². The Morgan fingerprint density at radius 1 is 1.57 bits per heavy atom. The van der Waals surface area contributed by atoms with Gasteiger partial charge in [0.15, 0.2) is 0 Å². The molecule has 0 aromatic carbocycles. The molecule has 0 N–H and O–H groups in total. The Bertz CT molecular complexity index is 694. The lowest BCUT2D eigenvalue weighted by molar-refractivity contribution is -0.147. The van der Waals surface area contributed by atoms with Gasteiger partial charge >= 0.3 is 5.97 Å². The van der Waals surface area contributed by atoms with Crippen LogP contribution in [0.1, 0.15) is 25.1 Å². The highest BCUT2D eigenvalue weighted by molar-refractivity contribution is 9.28. The van der Waals surface area contributed by atoms with Crippen LogP contribution in [0.5, 0.6) is 0 Å². The number of hydrogen-bond acceptors (Lipinski definition) is 3. The molecule has 2 atom stereocenters. The Hall–Kier alpha value is -1.32. The number of nitriles is 1. The van der Waals surface area contributed by atoms with E-state index in [1.165, 1.54) is 0 Å². The predicted molar refractivity (Wildman–Crippen MR) is 95.8 cm³/mol. The minimum absolute atomic E-state index is 0.101. The second-order valence-corrected chi connectivity index (χ2v) is 8.95. The molecule has 2 rings (SSSR count). The lowest BCUT2D eigenvalue weighted by Gasteiger charge is -2.04. The molecule has 0 saturated heterocycles. The normalized spacial score (nSPS) is 21.2. The van der Waals surface area contributed by atoms with Crippen LogP contribution in [0.4, 0.5) is 0 Å². The predicted octanol–water partition coefficient (Wildman–Crippen LogP) is 4.49. The zero-order valence-electron chi connectivity index (χ0n) is 13.1. The molecule has 0 amide bonds. The fourth-order valence-corrected chi connectivity index (χ4v) is 3.42. The number of aromatic nitrogens is 1. The minimum atomic E-state index is -0.201. The Balaban J connectivity index is 1.99. The first kappa shape index (κ1) is 18.0. The molecule has 1 saturated carbocycles. The van der Waals surface area contributed by atoms with Gasteiger partial charge in [-0.3, -0.25) is 4.79 Å². The zero-order chi connectivity index (χ0) is 17.2. The van der Waals surface area contributed by atoms with Crippen molar-refractivity contribution in [2.45, 2.75) is 27.0 Å². The summed E-state index contributed by atoms with van der Waals surface area (Å²) in [7, 11) is 0. The van der Waals surface area contributed by atoms with Crippen molar-refractivity contribution in [2.75, 3.05) is 0 Å². The summed E-state index contributed by atoms with van der Waals surface area (Å²) in [5, 5.41) is 9.09. The number of allylic oxidation sites excluding steroid dienone is 2. The fraction of sp³-hybridized carbons (Fsp3) is 0.412. The van der Waals surface area contributed by atoms with Crippen molar-refractivity contribution in [1.29, 1.82) is 5.26 Å². The summed E-state index contributed by atoms with van der Waals surface area (Å²) in [6.45, 7) is 8.50. The van der Waals surface area contributed by atoms with Crippen LogP contribution in [-0.2, 0) is 22.7 Å². The number of esters is 1. The van der Waals surface area contributed by atoms with Crippen molar-refractivity contribution in [3.63, 3.8) is 0 Å². The smallest absolute Gasteiger partial charge is 0.310 e. The van der Waals surface area contributed by atoms with Crippen molar-refractivity contribution in [1.82, 2.24) is 4.57 Å². The maximum atomic E-state index is 12.3. The minimum Gasteiger partial charge on any atom is -0.461 e. The standard InChI is InChI=1S/C17H18Br2N2O2/c1-4-5-21-9-11(6-12(21)8-20)10-23-16(22)15-13(7-14(18)19)17(15,2)3/h4,6-7,9,13,15H,1,5,10H2,2-3H3/t13-,15-/m1/s1. The second-order valence-electron chi connectivity index (χ2n) is 6.18. The van der Waals surface area contributed by atoms with Crippen LogP contribution >= 0.6 is 31.9 Å². The molecule has 1 aromatic rings. The van der Waals surface area contributed by atoms with Crippen LogP contribution in [0.2, 0.25) is 0 Å². The molecule has 0 radical (unpaired) electrons. The first-order valence-corrected chi connectivity index (χ1v) is 8.79. The van der Waals surface area contributed by atoms with Gasteiger partial charge in [-0.1, -0.05) is 26.0 Å². The summed E-state index contributed by atoms with van der Waals surface area (Å²) in [6, 6.07) is 3.86. The summed E-state index contributed by atoms with van der Waals surface area (Å²) in [5.41, 5.74) is 1.24. The van der Waals surface area contributed by atoms with Gasteiger partial charge in [0, 0.05) is 18.3 Å². The molecule has 4 nitrogen and oxygen atoms in total. The Labute approximate surface area is 153 Å². The fourth-order valence-electron chi connectivity index (χ4n) is 2.85. The third-order valence-electron chi connectivity index (χ3n) is 4.24. The number of rotatable bonds is 6. The van der Waals surface area contributed by atoms with Crippen molar-refractivity contribution in [3.05, 3.63) is 45.6 Å². The van der Waals surface area contributed by atoms with Crippen LogP contribution in [0.15, 0.2) is 34.4 Å². The summed E-state index contributed by atoms with van der Waals surface area (Å²) in [4.78, 5) is 12.3. The Morgan fingerprint density at radius 3 is 2.83 bits per heavy atom. The van der Waals surface area contributed by atoms with E-state index >= 15 is 0 Å². The van der Waals surface area contributed by atoms with E-state index in [-0.39, 0.29) is 29.8 Å². The summed E-state index contributed by atoms with van der Waals surface area (Å²) in [6.07, 6.45) is 5.52. The highest BCUT2D eigenvalue weighted by Gasteiger charge is 2.61. The van der Waals surface area contributed by atoms with Crippen LogP contribution in [0.25, 0.3) is 0 Å². The van der Waals surface area contributed by atoms with E-state index < -0.39 is 0 Å². The third-order valence-corrected chi connectivity index (χ3v) is 4.77. The summed E-state index contributed by atoms with van der Waals surface area (Å²) < 4.78 is 8.07. The molecule has 6 heteroatoms. The molecule has 1 fully saturated rings. The van der Waals surface area contributed by atoms with Gasteiger partial charge < -0.3 is 9.30 Å². The van der Waals surface area contributed by atoms with E-state index in [9.17, 15) is 4.79 Å². The Morgan fingerprint density at radius 2 is 2.26 bits per heavy atom. The number of carbonyl (C=O) groups is 1. The van der Waals surface area contributed by atoms with Gasteiger partial charge in [0.2, 0.25) is 0 Å². The second kappa shape index (κ2) is 7.06. The first-order valence-electron chi connectivity index (χ1n) is 7.20. The molecular weight excluding hydrogens is 424 g/mol. The largest absolute Gasteiger partial charge is 0.461 e. The SMILES string of the molecule is C=CCn1cc(COC(=O)[C@H]2[C@@H](C=C(Br)Br)C2(C)C)cc1C#N. The quantitative estimate of drug-likeness (QED) is 0.482. The molecule has 23 heavy (non-hydrogen) atoms.